The number of alkyl halides is 3. The van der Waals surface area contributed by atoms with Gasteiger partial charge in [0.05, 0.1) is 13.0 Å². The molecule has 0 fully saturated rings. The summed E-state index contributed by atoms with van der Waals surface area (Å²) in [6.45, 7) is 2.97. The van der Waals surface area contributed by atoms with Crippen molar-refractivity contribution in [2.75, 3.05) is 13.2 Å². The number of hydrogen-bond donors (Lipinski definition) is 1. The molecule has 0 aliphatic rings. The van der Waals surface area contributed by atoms with Gasteiger partial charge in [0.1, 0.15) is 5.75 Å². The lowest BCUT2D eigenvalue weighted by molar-refractivity contribution is -0.139. The predicted octanol–water partition coefficient (Wildman–Crippen LogP) is 4.28. The smallest absolute Gasteiger partial charge is 0.392 e. The van der Waals surface area contributed by atoms with Crippen LogP contribution in [-0.2, 0) is 6.54 Å². The largest absolute Gasteiger partial charge is 0.493 e. The zero-order valence-corrected chi connectivity index (χ0v) is 11.8. The highest BCUT2D eigenvalue weighted by molar-refractivity contribution is 5.87. The van der Waals surface area contributed by atoms with Crippen LogP contribution in [0.2, 0.25) is 0 Å². The van der Waals surface area contributed by atoms with E-state index in [2.05, 4.69) is 5.32 Å². The van der Waals surface area contributed by atoms with Gasteiger partial charge in [0.2, 0.25) is 0 Å². The van der Waals surface area contributed by atoms with Crippen LogP contribution in [0.25, 0.3) is 10.8 Å². The fourth-order valence-corrected chi connectivity index (χ4v) is 2.16. The van der Waals surface area contributed by atoms with Crippen LogP contribution in [0, 0.1) is 0 Å². The van der Waals surface area contributed by atoms with E-state index in [0.717, 1.165) is 22.9 Å². The minimum Gasteiger partial charge on any atom is -0.493 e. The molecule has 21 heavy (non-hydrogen) atoms. The molecular formula is C16H18F3NO. The Morgan fingerprint density at radius 1 is 1.10 bits per heavy atom. The van der Waals surface area contributed by atoms with Crippen molar-refractivity contribution >= 4 is 10.8 Å². The molecular weight excluding hydrogens is 279 g/mol. The molecule has 0 saturated carbocycles. The molecule has 2 aromatic carbocycles. The minimum absolute atomic E-state index is 0.360. The van der Waals surface area contributed by atoms with Gasteiger partial charge in [0.15, 0.2) is 0 Å². The van der Waals surface area contributed by atoms with Crippen molar-refractivity contribution in [2.24, 2.45) is 0 Å². The molecule has 5 heteroatoms. The summed E-state index contributed by atoms with van der Waals surface area (Å²) in [4.78, 5) is 0. The standard InChI is InChI=1S/C16H18F3NO/c1-2-20-11-14-13-6-4-3-5-12(13)7-8-15(14)21-10-9-16(17,18)19/h3-8,20H,2,9-11H2,1H3. The third-order valence-electron chi connectivity index (χ3n) is 3.19. The first kappa shape index (κ1) is 15.6. The van der Waals surface area contributed by atoms with Gasteiger partial charge in [-0.2, -0.15) is 13.2 Å². The molecule has 2 rings (SSSR count). The number of fused-ring (bicyclic) bond motifs is 1. The summed E-state index contributed by atoms with van der Waals surface area (Å²) in [5, 5.41) is 5.25. The maximum Gasteiger partial charge on any atom is 0.392 e. The second-order valence-electron chi connectivity index (χ2n) is 4.76. The quantitative estimate of drug-likeness (QED) is 0.859. The van der Waals surface area contributed by atoms with Gasteiger partial charge in [-0.05, 0) is 23.4 Å². The first-order valence-electron chi connectivity index (χ1n) is 6.92. The molecule has 0 aliphatic heterocycles. The topological polar surface area (TPSA) is 21.3 Å². The number of rotatable bonds is 6. The van der Waals surface area contributed by atoms with Crippen molar-refractivity contribution in [3.8, 4) is 5.75 Å². The highest BCUT2D eigenvalue weighted by Gasteiger charge is 2.27. The Labute approximate surface area is 121 Å². The van der Waals surface area contributed by atoms with E-state index in [1.165, 1.54) is 0 Å². The lowest BCUT2D eigenvalue weighted by atomic mass is 10.0. The fourth-order valence-electron chi connectivity index (χ4n) is 2.16. The van der Waals surface area contributed by atoms with Gasteiger partial charge in [0.25, 0.3) is 0 Å². The Morgan fingerprint density at radius 3 is 2.57 bits per heavy atom. The van der Waals surface area contributed by atoms with Crippen LogP contribution in [0.3, 0.4) is 0 Å². The number of halogens is 3. The maximum atomic E-state index is 12.2. The van der Waals surface area contributed by atoms with Gasteiger partial charge in [-0.15, -0.1) is 0 Å². The van der Waals surface area contributed by atoms with Gasteiger partial charge in [0, 0.05) is 12.1 Å². The first-order chi connectivity index (χ1) is 10.0. The summed E-state index contributed by atoms with van der Waals surface area (Å²) >= 11 is 0. The Balaban J connectivity index is 2.24. The molecule has 0 aliphatic carbocycles. The van der Waals surface area contributed by atoms with Crippen LogP contribution in [0.1, 0.15) is 18.9 Å². The predicted molar refractivity (Wildman–Crippen MR) is 77.5 cm³/mol. The molecule has 0 amide bonds. The molecule has 2 nitrogen and oxygen atoms in total. The van der Waals surface area contributed by atoms with Gasteiger partial charge in [-0.25, -0.2) is 0 Å². The average molecular weight is 297 g/mol. The number of benzene rings is 2. The molecule has 0 unspecified atom stereocenters. The molecule has 0 radical (unpaired) electrons. The van der Waals surface area contributed by atoms with Crippen molar-refractivity contribution < 1.29 is 17.9 Å². The fraction of sp³-hybridized carbons (Fsp3) is 0.375. The average Bonchev–Trinajstić information content (AvgIpc) is 2.44. The lowest BCUT2D eigenvalue weighted by Crippen LogP contribution is -2.16. The van der Waals surface area contributed by atoms with E-state index in [-0.39, 0.29) is 6.61 Å². The van der Waals surface area contributed by atoms with E-state index in [9.17, 15) is 13.2 Å². The maximum absolute atomic E-state index is 12.2. The third-order valence-corrected chi connectivity index (χ3v) is 3.19. The Morgan fingerprint density at radius 2 is 1.86 bits per heavy atom. The van der Waals surface area contributed by atoms with Gasteiger partial charge in [-0.3, -0.25) is 0 Å². The Hall–Kier alpha value is -1.75. The van der Waals surface area contributed by atoms with Crippen molar-refractivity contribution in [3.63, 3.8) is 0 Å². The van der Waals surface area contributed by atoms with E-state index >= 15 is 0 Å². The number of hydrogen-bond acceptors (Lipinski definition) is 2. The Bertz CT molecular complexity index is 596. The molecule has 0 bridgehead atoms. The number of ether oxygens (including phenoxy) is 1. The third kappa shape index (κ3) is 4.36. The van der Waals surface area contributed by atoms with Crippen LogP contribution in [0.5, 0.6) is 5.75 Å². The number of nitrogens with one attached hydrogen (secondary N) is 1. The SMILES string of the molecule is CCNCc1c(OCCC(F)(F)F)ccc2ccccc12. The van der Waals surface area contributed by atoms with Crippen LogP contribution in [0.15, 0.2) is 36.4 Å². The summed E-state index contributed by atoms with van der Waals surface area (Å²) in [6.07, 6.45) is -5.14. The van der Waals surface area contributed by atoms with E-state index in [4.69, 9.17) is 4.74 Å². The first-order valence-corrected chi connectivity index (χ1v) is 6.92. The van der Waals surface area contributed by atoms with Crippen LogP contribution in [-0.4, -0.2) is 19.3 Å². The highest BCUT2D eigenvalue weighted by Crippen LogP contribution is 2.29. The lowest BCUT2D eigenvalue weighted by Gasteiger charge is -2.15. The van der Waals surface area contributed by atoms with Crippen molar-refractivity contribution in [1.29, 1.82) is 0 Å². The summed E-state index contributed by atoms with van der Waals surface area (Å²) in [7, 11) is 0. The zero-order chi connectivity index (χ0) is 15.3. The van der Waals surface area contributed by atoms with Crippen molar-refractivity contribution in [2.45, 2.75) is 26.1 Å². The minimum atomic E-state index is -4.20. The summed E-state index contributed by atoms with van der Waals surface area (Å²) in [6, 6.07) is 11.4. The second-order valence-corrected chi connectivity index (χ2v) is 4.76. The van der Waals surface area contributed by atoms with E-state index in [0.29, 0.717) is 12.3 Å². The summed E-state index contributed by atoms with van der Waals surface area (Å²) in [5.41, 5.74) is 0.900. The molecule has 114 valence electrons. The molecule has 0 atom stereocenters. The van der Waals surface area contributed by atoms with Gasteiger partial charge < -0.3 is 10.1 Å². The summed E-state index contributed by atoms with van der Waals surface area (Å²) < 4.78 is 42.0. The molecule has 0 spiro atoms. The Kier molecular flexibility index (Phi) is 5.07. The van der Waals surface area contributed by atoms with Crippen LogP contribution >= 0.6 is 0 Å². The molecule has 0 heterocycles. The summed E-state index contributed by atoms with van der Waals surface area (Å²) in [5.74, 6) is 0.513. The van der Waals surface area contributed by atoms with Crippen LogP contribution in [0.4, 0.5) is 13.2 Å². The second kappa shape index (κ2) is 6.80. The van der Waals surface area contributed by atoms with E-state index in [1.807, 2.05) is 37.3 Å². The van der Waals surface area contributed by atoms with Gasteiger partial charge in [-0.1, -0.05) is 37.3 Å². The van der Waals surface area contributed by atoms with Crippen molar-refractivity contribution in [3.05, 3.63) is 42.0 Å². The van der Waals surface area contributed by atoms with Gasteiger partial charge >= 0.3 is 6.18 Å². The molecule has 1 N–H and O–H groups in total. The zero-order valence-electron chi connectivity index (χ0n) is 11.8. The van der Waals surface area contributed by atoms with Crippen LogP contribution < -0.4 is 10.1 Å². The normalized spacial score (nSPS) is 11.8. The molecule has 2 aromatic rings. The van der Waals surface area contributed by atoms with E-state index in [1.54, 1.807) is 6.07 Å². The highest BCUT2D eigenvalue weighted by atomic mass is 19.4. The molecule has 0 aromatic heterocycles. The van der Waals surface area contributed by atoms with Crippen molar-refractivity contribution in [1.82, 2.24) is 5.32 Å². The monoisotopic (exact) mass is 297 g/mol. The molecule has 0 saturated heterocycles. The van der Waals surface area contributed by atoms with E-state index < -0.39 is 12.6 Å².